The van der Waals surface area contributed by atoms with E-state index < -0.39 is 0 Å². The van der Waals surface area contributed by atoms with Gasteiger partial charge in [-0.3, -0.25) is 4.98 Å². The lowest BCUT2D eigenvalue weighted by atomic mass is 9.97. The molecular formula is C18H27N3O. The van der Waals surface area contributed by atoms with E-state index in [1.54, 1.807) is 7.11 Å². The molecule has 0 aliphatic rings. The maximum absolute atomic E-state index is 5.37. The minimum Gasteiger partial charge on any atom is -0.497 e. The molecule has 0 atom stereocenters. The molecule has 0 aliphatic heterocycles. The zero-order valence-corrected chi connectivity index (χ0v) is 14.1. The average molecular weight is 301 g/mol. The Morgan fingerprint density at radius 3 is 2.73 bits per heavy atom. The molecule has 0 spiro atoms. The van der Waals surface area contributed by atoms with Crippen LogP contribution in [0.4, 0.5) is 5.69 Å². The maximum Gasteiger partial charge on any atom is 0.121 e. The van der Waals surface area contributed by atoms with Gasteiger partial charge in [-0.05, 0) is 37.1 Å². The molecule has 0 radical (unpaired) electrons. The number of ether oxygens (including phenoxy) is 1. The Bertz CT molecular complexity index is 605. The van der Waals surface area contributed by atoms with Crippen molar-refractivity contribution >= 4 is 16.6 Å². The molecule has 22 heavy (non-hydrogen) atoms. The zero-order valence-electron chi connectivity index (χ0n) is 14.1. The highest BCUT2D eigenvalue weighted by molar-refractivity contribution is 5.91. The van der Waals surface area contributed by atoms with Crippen LogP contribution in [-0.2, 0) is 0 Å². The monoisotopic (exact) mass is 301 g/mol. The van der Waals surface area contributed by atoms with Crippen molar-refractivity contribution in [1.29, 1.82) is 0 Å². The molecule has 2 N–H and O–H groups in total. The number of anilines is 1. The number of methoxy groups -OCH3 is 1. The van der Waals surface area contributed by atoms with Gasteiger partial charge < -0.3 is 15.4 Å². The van der Waals surface area contributed by atoms with E-state index in [1.807, 2.05) is 24.4 Å². The fraction of sp³-hybridized carbons (Fsp3) is 0.500. The molecular weight excluding hydrogens is 274 g/mol. The minimum atomic E-state index is 0.334. The standard InChI is InChI=1S/C18H27N3O/c1-18(2,3)13-19-8-6-10-20-16-12-15(22-4)11-14-7-5-9-21-17(14)16/h5,7,9,11-12,19-20H,6,8,10,13H2,1-4H3. The number of nitrogens with one attached hydrogen (secondary N) is 2. The van der Waals surface area contributed by atoms with Crippen LogP contribution in [0.5, 0.6) is 5.75 Å². The second-order valence-corrected chi connectivity index (χ2v) is 6.77. The first-order valence-electron chi connectivity index (χ1n) is 7.87. The van der Waals surface area contributed by atoms with Gasteiger partial charge >= 0.3 is 0 Å². The van der Waals surface area contributed by atoms with Crippen LogP contribution in [0.2, 0.25) is 0 Å². The number of benzene rings is 1. The highest BCUT2D eigenvalue weighted by atomic mass is 16.5. The summed E-state index contributed by atoms with van der Waals surface area (Å²) < 4.78 is 5.37. The molecule has 0 unspecified atom stereocenters. The number of hydrogen-bond acceptors (Lipinski definition) is 4. The van der Waals surface area contributed by atoms with E-state index in [9.17, 15) is 0 Å². The number of pyridine rings is 1. The summed E-state index contributed by atoms with van der Waals surface area (Å²) in [6, 6.07) is 8.03. The Hall–Kier alpha value is -1.81. The summed E-state index contributed by atoms with van der Waals surface area (Å²) in [5.41, 5.74) is 2.36. The van der Waals surface area contributed by atoms with E-state index in [4.69, 9.17) is 4.74 Å². The number of hydrogen-bond donors (Lipinski definition) is 2. The predicted octanol–water partition coefficient (Wildman–Crippen LogP) is 3.68. The highest BCUT2D eigenvalue weighted by Crippen LogP contribution is 2.27. The van der Waals surface area contributed by atoms with Crippen LogP contribution >= 0.6 is 0 Å². The van der Waals surface area contributed by atoms with Crippen LogP contribution in [0.1, 0.15) is 27.2 Å². The summed E-state index contributed by atoms with van der Waals surface area (Å²) in [6.07, 6.45) is 2.90. The maximum atomic E-state index is 5.37. The van der Waals surface area contributed by atoms with Gasteiger partial charge in [0.25, 0.3) is 0 Å². The van der Waals surface area contributed by atoms with Crippen LogP contribution in [0.25, 0.3) is 10.9 Å². The van der Waals surface area contributed by atoms with Gasteiger partial charge in [-0.25, -0.2) is 0 Å². The van der Waals surface area contributed by atoms with Crippen molar-refractivity contribution in [2.75, 3.05) is 32.1 Å². The first kappa shape index (κ1) is 16.6. The van der Waals surface area contributed by atoms with Crippen molar-refractivity contribution in [3.05, 3.63) is 30.5 Å². The topological polar surface area (TPSA) is 46.2 Å². The van der Waals surface area contributed by atoms with Crippen molar-refractivity contribution in [3.63, 3.8) is 0 Å². The third-order valence-electron chi connectivity index (χ3n) is 3.42. The van der Waals surface area contributed by atoms with Crippen LogP contribution in [0.3, 0.4) is 0 Å². The van der Waals surface area contributed by atoms with E-state index in [1.165, 1.54) is 0 Å². The van der Waals surface area contributed by atoms with E-state index in [0.29, 0.717) is 5.41 Å². The first-order valence-corrected chi connectivity index (χ1v) is 7.87. The quantitative estimate of drug-likeness (QED) is 0.766. The Morgan fingerprint density at radius 2 is 2.00 bits per heavy atom. The van der Waals surface area contributed by atoms with Crippen LogP contribution in [-0.4, -0.2) is 31.7 Å². The Balaban J connectivity index is 1.91. The van der Waals surface area contributed by atoms with Crippen LogP contribution in [0, 0.1) is 5.41 Å². The number of fused-ring (bicyclic) bond motifs is 1. The van der Waals surface area contributed by atoms with Crippen LogP contribution < -0.4 is 15.4 Å². The molecule has 0 fully saturated rings. The average Bonchev–Trinajstić information content (AvgIpc) is 2.49. The molecule has 1 aromatic heterocycles. The van der Waals surface area contributed by atoms with E-state index in [-0.39, 0.29) is 0 Å². The second-order valence-electron chi connectivity index (χ2n) is 6.77. The van der Waals surface area contributed by atoms with Gasteiger partial charge in [0.15, 0.2) is 0 Å². The van der Waals surface area contributed by atoms with Gasteiger partial charge in [0.1, 0.15) is 5.75 Å². The van der Waals surface area contributed by atoms with Crippen molar-refractivity contribution < 1.29 is 4.74 Å². The molecule has 0 amide bonds. The summed E-state index contributed by atoms with van der Waals surface area (Å²) >= 11 is 0. The molecule has 120 valence electrons. The second kappa shape index (κ2) is 7.45. The Morgan fingerprint density at radius 1 is 1.18 bits per heavy atom. The summed E-state index contributed by atoms with van der Waals surface area (Å²) in [5.74, 6) is 0.855. The lowest BCUT2D eigenvalue weighted by Gasteiger charge is -2.18. The highest BCUT2D eigenvalue weighted by Gasteiger charge is 2.08. The van der Waals surface area contributed by atoms with E-state index >= 15 is 0 Å². The summed E-state index contributed by atoms with van der Waals surface area (Å²) in [5, 5.41) is 8.06. The van der Waals surface area contributed by atoms with Gasteiger partial charge in [0, 0.05) is 24.2 Å². The number of nitrogens with zero attached hydrogens (tertiary/aromatic N) is 1. The van der Waals surface area contributed by atoms with Crippen LogP contribution in [0.15, 0.2) is 30.5 Å². The summed E-state index contributed by atoms with van der Waals surface area (Å²) in [7, 11) is 1.69. The predicted molar refractivity (Wildman–Crippen MR) is 93.7 cm³/mol. The van der Waals surface area contributed by atoms with Gasteiger partial charge in [-0.1, -0.05) is 26.8 Å². The van der Waals surface area contributed by atoms with Crippen molar-refractivity contribution in [2.45, 2.75) is 27.2 Å². The normalized spacial score (nSPS) is 11.6. The molecule has 0 aliphatic carbocycles. The van der Waals surface area contributed by atoms with Gasteiger partial charge in [0.05, 0.1) is 18.3 Å². The minimum absolute atomic E-state index is 0.334. The summed E-state index contributed by atoms with van der Waals surface area (Å²) in [6.45, 7) is 9.69. The molecule has 4 heteroatoms. The molecule has 2 aromatic rings. The lowest BCUT2D eigenvalue weighted by Crippen LogP contribution is -2.28. The lowest BCUT2D eigenvalue weighted by molar-refractivity contribution is 0.380. The van der Waals surface area contributed by atoms with Crippen molar-refractivity contribution in [1.82, 2.24) is 10.3 Å². The molecule has 0 saturated carbocycles. The molecule has 0 saturated heterocycles. The SMILES string of the molecule is COc1cc(NCCCNCC(C)(C)C)c2ncccc2c1. The third-order valence-corrected chi connectivity index (χ3v) is 3.42. The Kier molecular flexibility index (Phi) is 5.61. The first-order chi connectivity index (χ1) is 10.5. The molecule has 4 nitrogen and oxygen atoms in total. The largest absolute Gasteiger partial charge is 0.497 e. The molecule has 1 heterocycles. The summed E-state index contributed by atoms with van der Waals surface area (Å²) in [4.78, 5) is 4.47. The van der Waals surface area contributed by atoms with E-state index in [0.717, 1.165) is 48.4 Å². The molecule has 2 rings (SSSR count). The van der Waals surface area contributed by atoms with Gasteiger partial charge in [-0.2, -0.15) is 0 Å². The smallest absolute Gasteiger partial charge is 0.121 e. The number of aromatic nitrogens is 1. The molecule has 0 bridgehead atoms. The van der Waals surface area contributed by atoms with Gasteiger partial charge in [0.2, 0.25) is 0 Å². The number of rotatable bonds is 7. The Labute approximate surface area is 133 Å². The fourth-order valence-corrected chi connectivity index (χ4v) is 2.32. The zero-order chi connectivity index (χ0) is 16.0. The van der Waals surface area contributed by atoms with Crippen molar-refractivity contribution in [2.24, 2.45) is 5.41 Å². The third kappa shape index (κ3) is 4.88. The van der Waals surface area contributed by atoms with Gasteiger partial charge in [-0.15, -0.1) is 0 Å². The van der Waals surface area contributed by atoms with Crippen molar-refractivity contribution in [3.8, 4) is 5.75 Å². The van der Waals surface area contributed by atoms with E-state index in [2.05, 4.69) is 42.5 Å². The fourth-order valence-electron chi connectivity index (χ4n) is 2.32. The molecule has 1 aromatic carbocycles.